The van der Waals surface area contributed by atoms with Crippen molar-refractivity contribution in [3.8, 4) is 0 Å². The second-order valence-electron chi connectivity index (χ2n) is 10.2. The molecule has 190 valence electrons. The molecule has 7 nitrogen and oxygen atoms in total. The van der Waals surface area contributed by atoms with Gasteiger partial charge in [-0.25, -0.2) is 9.79 Å². The van der Waals surface area contributed by atoms with Crippen molar-refractivity contribution in [1.82, 2.24) is 9.80 Å². The van der Waals surface area contributed by atoms with Crippen molar-refractivity contribution in [3.63, 3.8) is 0 Å². The van der Waals surface area contributed by atoms with Gasteiger partial charge in [0.2, 0.25) is 0 Å². The van der Waals surface area contributed by atoms with E-state index >= 15 is 0 Å². The van der Waals surface area contributed by atoms with Gasteiger partial charge >= 0.3 is 6.09 Å². The van der Waals surface area contributed by atoms with E-state index in [0.717, 1.165) is 9.13 Å². The molecule has 2 aliphatic heterocycles. The largest absolute Gasteiger partial charge is 0.444 e. The van der Waals surface area contributed by atoms with Crippen LogP contribution in [0.5, 0.6) is 0 Å². The Labute approximate surface area is 230 Å². The standard InChI is InChI=1S/C27H29ClIN3O4/c1-17-14-19(8-11-21(17)29)22(33)15-32-24(34)23(18-6-9-20(28)10-7-18)30-27(32)12-5-13-31(16-27)25(35)36-26(2,3)4/h6-11,14H,5,12-13,15-16H2,1-4H3. The lowest BCUT2D eigenvalue weighted by Gasteiger charge is -2.43. The molecule has 1 spiro atoms. The quantitative estimate of drug-likeness (QED) is 0.334. The van der Waals surface area contributed by atoms with E-state index in [1.54, 1.807) is 35.2 Å². The summed E-state index contributed by atoms with van der Waals surface area (Å²) >= 11 is 8.28. The zero-order chi connectivity index (χ0) is 26.3. The van der Waals surface area contributed by atoms with Gasteiger partial charge in [-0.3, -0.25) is 9.59 Å². The third-order valence-corrected chi connectivity index (χ3v) is 7.73. The summed E-state index contributed by atoms with van der Waals surface area (Å²) in [6.07, 6.45) is 0.703. The number of aryl methyl sites for hydroxylation is 1. The summed E-state index contributed by atoms with van der Waals surface area (Å²) in [4.78, 5) is 48.0. The normalized spacial score (nSPS) is 20.1. The molecule has 0 N–H and O–H groups in total. The maximum absolute atomic E-state index is 13.7. The average Bonchev–Trinajstić information content (AvgIpc) is 3.06. The fourth-order valence-corrected chi connectivity index (χ4v) is 4.97. The maximum Gasteiger partial charge on any atom is 0.410 e. The number of nitrogens with zero attached hydrogens (tertiary/aromatic N) is 3. The molecule has 2 aromatic rings. The number of ether oxygens (including phenoxy) is 1. The summed E-state index contributed by atoms with van der Waals surface area (Å²) in [6.45, 7) is 7.90. The van der Waals surface area contributed by atoms with Gasteiger partial charge in [-0.1, -0.05) is 29.8 Å². The number of benzene rings is 2. The number of Topliss-reactive ketones (excluding diaryl/α,β-unsaturated/α-hetero) is 1. The van der Waals surface area contributed by atoms with Crippen LogP contribution in [0.2, 0.25) is 5.02 Å². The molecule has 2 heterocycles. The zero-order valence-corrected chi connectivity index (χ0v) is 23.7. The predicted molar refractivity (Wildman–Crippen MR) is 148 cm³/mol. The number of rotatable bonds is 4. The van der Waals surface area contributed by atoms with E-state index in [2.05, 4.69) is 22.6 Å². The monoisotopic (exact) mass is 621 g/mol. The Balaban J connectivity index is 1.69. The first-order valence-electron chi connectivity index (χ1n) is 11.8. The smallest absolute Gasteiger partial charge is 0.410 e. The number of carbonyl (C=O) groups is 3. The van der Waals surface area contributed by atoms with Crippen molar-refractivity contribution in [3.05, 3.63) is 67.7 Å². The van der Waals surface area contributed by atoms with E-state index < -0.39 is 17.4 Å². The average molecular weight is 622 g/mol. The lowest BCUT2D eigenvalue weighted by molar-refractivity contribution is -0.129. The molecule has 0 saturated carbocycles. The minimum atomic E-state index is -1.05. The number of likely N-dealkylation sites (tertiary alicyclic amines) is 1. The number of piperidine rings is 1. The first-order valence-corrected chi connectivity index (χ1v) is 13.3. The topological polar surface area (TPSA) is 79.3 Å². The Bertz CT molecular complexity index is 1240. The zero-order valence-electron chi connectivity index (χ0n) is 20.8. The van der Waals surface area contributed by atoms with E-state index in [4.69, 9.17) is 21.3 Å². The first-order chi connectivity index (χ1) is 16.9. The lowest BCUT2D eigenvalue weighted by Crippen LogP contribution is -2.59. The van der Waals surface area contributed by atoms with Crippen molar-refractivity contribution in [2.24, 2.45) is 4.99 Å². The van der Waals surface area contributed by atoms with Crippen LogP contribution in [0.4, 0.5) is 4.79 Å². The number of amides is 2. The summed E-state index contributed by atoms with van der Waals surface area (Å²) in [5, 5.41) is 0.550. The van der Waals surface area contributed by atoms with Crippen LogP contribution in [0.15, 0.2) is 47.5 Å². The maximum atomic E-state index is 13.7. The molecule has 1 saturated heterocycles. The fourth-order valence-electron chi connectivity index (χ4n) is 4.51. The number of halogens is 2. The summed E-state index contributed by atoms with van der Waals surface area (Å²) < 4.78 is 6.66. The van der Waals surface area contributed by atoms with E-state index in [9.17, 15) is 14.4 Å². The number of hydrogen-bond donors (Lipinski definition) is 0. The van der Waals surface area contributed by atoms with Crippen molar-refractivity contribution < 1.29 is 19.1 Å². The summed E-state index contributed by atoms with van der Waals surface area (Å²) in [6, 6.07) is 12.4. The number of ketones is 1. The van der Waals surface area contributed by atoms with Crippen molar-refractivity contribution >= 4 is 57.7 Å². The molecule has 36 heavy (non-hydrogen) atoms. The van der Waals surface area contributed by atoms with Gasteiger partial charge in [-0.15, -0.1) is 0 Å². The van der Waals surface area contributed by atoms with Crippen LogP contribution in [-0.4, -0.2) is 64.2 Å². The van der Waals surface area contributed by atoms with Gasteiger partial charge in [0.25, 0.3) is 5.91 Å². The molecule has 2 aliphatic rings. The van der Waals surface area contributed by atoms with E-state index in [1.807, 2.05) is 39.8 Å². The number of aliphatic imine (C=N–C) groups is 1. The first kappa shape index (κ1) is 26.6. The van der Waals surface area contributed by atoms with Crippen LogP contribution in [0.1, 0.15) is 55.1 Å². The number of carbonyl (C=O) groups excluding carboxylic acids is 3. The fraction of sp³-hybridized carbons (Fsp3) is 0.407. The third kappa shape index (κ3) is 5.59. The molecule has 1 unspecified atom stereocenters. The molecule has 0 aromatic heterocycles. The molecule has 0 bridgehead atoms. The summed E-state index contributed by atoms with van der Waals surface area (Å²) in [5.74, 6) is -0.511. The Morgan fingerprint density at radius 3 is 2.50 bits per heavy atom. The highest BCUT2D eigenvalue weighted by Gasteiger charge is 2.51. The summed E-state index contributed by atoms with van der Waals surface area (Å²) in [5.41, 5.74) is 0.729. The van der Waals surface area contributed by atoms with E-state index in [-0.39, 0.29) is 30.5 Å². The van der Waals surface area contributed by atoms with Gasteiger partial charge in [-0.05, 0) is 93.0 Å². The van der Waals surface area contributed by atoms with Crippen LogP contribution >= 0.6 is 34.2 Å². The van der Waals surface area contributed by atoms with Crippen molar-refractivity contribution in [2.75, 3.05) is 19.6 Å². The molecule has 9 heteroatoms. The summed E-state index contributed by atoms with van der Waals surface area (Å²) in [7, 11) is 0. The van der Waals surface area contributed by atoms with Gasteiger partial charge in [-0.2, -0.15) is 0 Å². The predicted octanol–water partition coefficient (Wildman–Crippen LogP) is 5.49. The molecule has 0 radical (unpaired) electrons. The highest BCUT2D eigenvalue weighted by Crippen LogP contribution is 2.36. The molecule has 2 aromatic carbocycles. The Kier molecular flexibility index (Phi) is 7.48. The minimum absolute atomic E-state index is 0.137. The molecule has 1 fully saturated rings. The molecular formula is C27H29ClIN3O4. The molecular weight excluding hydrogens is 593 g/mol. The van der Waals surface area contributed by atoms with Crippen LogP contribution in [-0.2, 0) is 9.53 Å². The van der Waals surface area contributed by atoms with Crippen molar-refractivity contribution in [1.29, 1.82) is 0 Å². The molecule has 2 amide bonds. The Morgan fingerprint density at radius 1 is 1.17 bits per heavy atom. The lowest BCUT2D eigenvalue weighted by atomic mass is 9.96. The van der Waals surface area contributed by atoms with Gasteiger partial charge in [0.05, 0.1) is 13.1 Å². The highest BCUT2D eigenvalue weighted by atomic mass is 127. The molecule has 0 aliphatic carbocycles. The SMILES string of the molecule is Cc1cc(C(=O)CN2C(=O)C(c3ccc(Cl)cc3)=NC23CCCN(C(=O)OC(C)(C)C)C3)ccc1I. The van der Waals surface area contributed by atoms with Crippen LogP contribution in [0.25, 0.3) is 0 Å². The molecule has 4 rings (SSSR count). The Morgan fingerprint density at radius 2 is 1.86 bits per heavy atom. The van der Waals surface area contributed by atoms with Crippen LogP contribution in [0, 0.1) is 10.5 Å². The van der Waals surface area contributed by atoms with Crippen LogP contribution < -0.4 is 0 Å². The molecule has 1 atom stereocenters. The van der Waals surface area contributed by atoms with Gasteiger partial charge in [0.15, 0.2) is 11.4 Å². The Hall–Kier alpha value is -2.46. The van der Waals surface area contributed by atoms with E-state index in [1.165, 1.54) is 4.90 Å². The van der Waals surface area contributed by atoms with Crippen molar-refractivity contribution in [2.45, 2.75) is 51.8 Å². The van der Waals surface area contributed by atoms with Crippen LogP contribution in [0.3, 0.4) is 0 Å². The third-order valence-electron chi connectivity index (χ3n) is 6.27. The van der Waals surface area contributed by atoms with E-state index in [0.29, 0.717) is 35.5 Å². The second-order valence-corrected chi connectivity index (χ2v) is 11.8. The minimum Gasteiger partial charge on any atom is -0.444 e. The van der Waals surface area contributed by atoms with Gasteiger partial charge in [0.1, 0.15) is 11.3 Å². The van der Waals surface area contributed by atoms with Gasteiger partial charge < -0.3 is 14.5 Å². The number of hydrogen-bond acceptors (Lipinski definition) is 5. The highest BCUT2D eigenvalue weighted by molar-refractivity contribution is 14.1. The second kappa shape index (κ2) is 10.1. The van der Waals surface area contributed by atoms with Gasteiger partial charge in [0, 0.05) is 26.3 Å².